The van der Waals surface area contributed by atoms with Gasteiger partial charge in [-0.2, -0.15) is 0 Å². The first-order valence-electron chi connectivity index (χ1n) is 5.33. The van der Waals surface area contributed by atoms with Crippen molar-refractivity contribution in [1.29, 1.82) is 0 Å². The first-order chi connectivity index (χ1) is 7.54. The quantitative estimate of drug-likeness (QED) is 0.727. The van der Waals surface area contributed by atoms with Crippen molar-refractivity contribution in [3.8, 4) is 0 Å². The minimum atomic E-state index is -0.876. The monoisotopic (exact) mass is 230 g/mol. The minimum absolute atomic E-state index is 0.0590. The molecule has 0 aliphatic carbocycles. The molecule has 0 atom stereocenters. The summed E-state index contributed by atoms with van der Waals surface area (Å²) >= 11 is 0. The number of carbonyl (C=O) groups is 2. The van der Waals surface area contributed by atoms with Crippen LogP contribution >= 0.6 is 0 Å². The molecule has 0 aromatic carbocycles. The summed E-state index contributed by atoms with van der Waals surface area (Å²) in [6, 6.07) is 0. The van der Waals surface area contributed by atoms with E-state index in [4.69, 9.17) is 9.94 Å². The molecule has 0 radical (unpaired) electrons. The largest absolute Gasteiger partial charge is 0.465 e. The molecule has 0 aromatic heterocycles. The van der Waals surface area contributed by atoms with Crippen molar-refractivity contribution in [3.63, 3.8) is 0 Å². The van der Waals surface area contributed by atoms with Crippen LogP contribution in [-0.4, -0.2) is 54.3 Å². The zero-order valence-corrected chi connectivity index (χ0v) is 9.68. The standard InChI is InChI=1S/C10H18N2O4/c1-11(16-2)9(13)7-8-3-5-12(6-4-8)10(14)15/h8H,3-7H2,1-2H3,(H,14,15). The molecule has 1 heterocycles. The van der Waals surface area contributed by atoms with E-state index in [0.717, 1.165) is 12.8 Å². The molecular formula is C10H18N2O4. The van der Waals surface area contributed by atoms with E-state index < -0.39 is 6.09 Å². The lowest BCUT2D eigenvalue weighted by Crippen LogP contribution is -2.39. The third kappa shape index (κ3) is 3.37. The van der Waals surface area contributed by atoms with Crippen molar-refractivity contribution >= 4 is 12.0 Å². The Morgan fingerprint density at radius 2 is 2.00 bits per heavy atom. The lowest BCUT2D eigenvalue weighted by molar-refractivity contribution is -0.170. The van der Waals surface area contributed by atoms with Gasteiger partial charge in [0.15, 0.2) is 0 Å². The summed E-state index contributed by atoms with van der Waals surface area (Å²) < 4.78 is 0. The van der Waals surface area contributed by atoms with Crippen LogP contribution in [-0.2, 0) is 9.63 Å². The van der Waals surface area contributed by atoms with E-state index in [1.165, 1.54) is 17.1 Å². The second kappa shape index (κ2) is 5.69. The van der Waals surface area contributed by atoms with Crippen LogP contribution in [0.1, 0.15) is 19.3 Å². The molecule has 6 heteroatoms. The molecule has 1 saturated heterocycles. The third-order valence-electron chi connectivity index (χ3n) is 2.97. The summed E-state index contributed by atoms with van der Waals surface area (Å²) in [5, 5.41) is 9.98. The van der Waals surface area contributed by atoms with E-state index >= 15 is 0 Å². The molecule has 0 bridgehead atoms. The number of carbonyl (C=O) groups excluding carboxylic acids is 1. The average molecular weight is 230 g/mol. The normalized spacial score (nSPS) is 17.2. The molecule has 1 aliphatic heterocycles. The van der Waals surface area contributed by atoms with Crippen molar-refractivity contribution in [2.45, 2.75) is 19.3 Å². The Morgan fingerprint density at radius 1 is 1.44 bits per heavy atom. The maximum atomic E-state index is 11.5. The Bertz CT molecular complexity index is 262. The summed E-state index contributed by atoms with van der Waals surface area (Å²) in [5.41, 5.74) is 0. The highest BCUT2D eigenvalue weighted by atomic mass is 16.7. The van der Waals surface area contributed by atoms with Crippen molar-refractivity contribution < 1.29 is 19.5 Å². The fourth-order valence-corrected chi connectivity index (χ4v) is 1.81. The van der Waals surface area contributed by atoms with Crippen LogP contribution in [0.2, 0.25) is 0 Å². The first-order valence-corrected chi connectivity index (χ1v) is 5.33. The smallest absolute Gasteiger partial charge is 0.407 e. The van der Waals surface area contributed by atoms with Gasteiger partial charge < -0.3 is 10.0 Å². The number of likely N-dealkylation sites (tertiary alicyclic amines) is 1. The summed E-state index contributed by atoms with van der Waals surface area (Å²) in [5.74, 6) is 0.206. The van der Waals surface area contributed by atoms with Crippen molar-refractivity contribution in [3.05, 3.63) is 0 Å². The van der Waals surface area contributed by atoms with E-state index in [1.807, 2.05) is 0 Å². The average Bonchev–Trinajstić information content (AvgIpc) is 2.28. The summed E-state index contributed by atoms with van der Waals surface area (Å²) in [7, 11) is 3.03. The molecule has 92 valence electrons. The number of hydrogen-bond acceptors (Lipinski definition) is 3. The van der Waals surface area contributed by atoms with Crippen LogP contribution in [0, 0.1) is 5.92 Å². The SMILES string of the molecule is CON(C)C(=O)CC1CCN(C(=O)O)CC1. The number of carboxylic acid groups (broad SMARTS) is 1. The van der Waals surface area contributed by atoms with Gasteiger partial charge in [0.2, 0.25) is 5.91 Å². The number of piperidine rings is 1. The summed E-state index contributed by atoms with van der Waals surface area (Å²) in [6.07, 6.45) is 1.04. The predicted octanol–water partition coefficient (Wildman–Crippen LogP) is 0.786. The van der Waals surface area contributed by atoms with Gasteiger partial charge in [-0.1, -0.05) is 0 Å². The first kappa shape index (κ1) is 12.8. The van der Waals surface area contributed by atoms with Gasteiger partial charge in [0, 0.05) is 26.6 Å². The number of amides is 2. The number of rotatable bonds is 3. The van der Waals surface area contributed by atoms with Crippen molar-refractivity contribution in [2.24, 2.45) is 5.92 Å². The van der Waals surface area contributed by atoms with Gasteiger partial charge in [0.25, 0.3) is 0 Å². The highest BCUT2D eigenvalue weighted by molar-refractivity contribution is 5.75. The zero-order chi connectivity index (χ0) is 12.1. The molecule has 16 heavy (non-hydrogen) atoms. The molecule has 0 saturated carbocycles. The number of hydroxylamine groups is 2. The van der Waals surface area contributed by atoms with Gasteiger partial charge in [-0.3, -0.25) is 9.63 Å². The zero-order valence-electron chi connectivity index (χ0n) is 9.68. The Hall–Kier alpha value is -1.30. The second-order valence-corrected chi connectivity index (χ2v) is 3.99. The molecule has 1 rings (SSSR count). The van der Waals surface area contributed by atoms with Gasteiger partial charge in [-0.15, -0.1) is 0 Å². The Balaban J connectivity index is 2.32. The topological polar surface area (TPSA) is 70.1 Å². The van der Waals surface area contributed by atoms with Gasteiger partial charge in [-0.25, -0.2) is 9.86 Å². The third-order valence-corrected chi connectivity index (χ3v) is 2.97. The fourth-order valence-electron chi connectivity index (χ4n) is 1.81. The molecular weight excluding hydrogens is 212 g/mol. The highest BCUT2D eigenvalue weighted by Crippen LogP contribution is 2.21. The van der Waals surface area contributed by atoms with E-state index in [9.17, 15) is 9.59 Å². The van der Waals surface area contributed by atoms with Gasteiger partial charge >= 0.3 is 6.09 Å². The van der Waals surface area contributed by atoms with Crippen LogP contribution < -0.4 is 0 Å². The number of hydrogen-bond donors (Lipinski definition) is 1. The van der Waals surface area contributed by atoms with Crippen LogP contribution in [0.3, 0.4) is 0 Å². The van der Waals surface area contributed by atoms with Crippen LogP contribution in [0.5, 0.6) is 0 Å². The van der Waals surface area contributed by atoms with Gasteiger partial charge in [-0.05, 0) is 18.8 Å². The maximum absolute atomic E-state index is 11.5. The number of nitrogens with zero attached hydrogens (tertiary/aromatic N) is 2. The molecule has 1 N–H and O–H groups in total. The van der Waals surface area contributed by atoms with Crippen LogP contribution in [0.15, 0.2) is 0 Å². The molecule has 0 spiro atoms. The molecule has 2 amide bonds. The Labute approximate surface area is 94.7 Å². The van der Waals surface area contributed by atoms with Crippen LogP contribution in [0.25, 0.3) is 0 Å². The van der Waals surface area contributed by atoms with Crippen molar-refractivity contribution in [2.75, 3.05) is 27.2 Å². The Kier molecular flexibility index (Phi) is 4.54. The summed E-state index contributed by atoms with van der Waals surface area (Å²) in [4.78, 5) is 28.4. The van der Waals surface area contributed by atoms with E-state index in [-0.39, 0.29) is 11.8 Å². The van der Waals surface area contributed by atoms with E-state index in [1.54, 1.807) is 7.05 Å². The van der Waals surface area contributed by atoms with Crippen LogP contribution in [0.4, 0.5) is 4.79 Å². The van der Waals surface area contributed by atoms with Gasteiger partial charge in [0.1, 0.15) is 0 Å². The van der Waals surface area contributed by atoms with E-state index in [0.29, 0.717) is 19.5 Å². The van der Waals surface area contributed by atoms with E-state index in [2.05, 4.69) is 0 Å². The molecule has 0 unspecified atom stereocenters. The second-order valence-electron chi connectivity index (χ2n) is 3.99. The van der Waals surface area contributed by atoms with Gasteiger partial charge in [0.05, 0.1) is 7.11 Å². The minimum Gasteiger partial charge on any atom is -0.465 e. The van der Waals surface area contributed by atoms with Crippen molar-refractivity contribution in [1.82, 2.24) is 9.96 Å². The Morgan fingerprint density at radius 3 is 2.44 bits per heavy atom. The maximum Gasteiger partial charge on any atom is 0.407 e. The summed E-state index contributed by atoms with van der Waals surface area (Å²) in [6.45, 7) is 1.04. The lowest BCUT2D eigenvalue weighted by atomic mass is 9.93. The molecule has 1 fully saturated rings. The lowest BCUT2D eigenvalue weighted by Gasteiger charge is -2.30. The highest BCUT2D eigenvalue weighted by Gasteiger charge is 2.24. The fraction of sp³-hybridized carbons (Fsp3) is 0.800. The molecule has 6 nitrogen and oxygen atoms in total. The molecule has 1 aliphatic rings. The molecule has 0 aromatic rings. The predicted molar refractivity (Wildman–Crippen MR) is 56.7 cm³/mol.